The van der Waals surface area contributed by atoms with Gasteiger partial charge in [-0.1, -0.05) is 24.3 Å². The van der Waals surface area contributed by atoms with Crippen molar-refractivity contribution in [3.8, 4) is 0 Å². The van der Waals surface area contributed by atoms with Gasteiger partial charge in [0.15, 0.2) is 0 Å². The first-order chi connectivity index (χ1) is 16.8. The van der Waals surface area contributed by atoms with E-state index in [0.29, 0.717) is 17.8 Å². The molecular formula is C28H22FN3O3. The van der Waals surface area contributed by atoms with Gasteiger partial charge in [0.2, 0.25) is 0 Å². The highest BCUT2D eigenvalue weighted by Crippen LogP contribution is 2.25. The highest BCUT2D eigenvalue weighted by molar-refractivity contribution is 6.39. The fourth-order valence-electron chi connectivity index (χ4n) is 4.20. The minimum absolute atomic E-state index is 0.124. The summed E-state index contributed by atoms with van der Waals surface area (Å²) in [6.07, 6.45) is 3.40. The number of rotatable bonds is 4. The Labute approximate surface area is 201 Å². The zero-order chi connectivity index (χ0) is 24.7. The molecule has 1 aliphatic heterocycles. The van der Waals surface area contributed by atoms with Crippen LogP contribution in [0, 0.1) is 19.7 Å². The molecule has 0 unspecified atom stereocenters. The second-order valence-electron chi connectivity index (χ2n) is 8.62. The third-order valence-corrected chi connectivity index (χ3v) is 6.20. The number of carbonyl (C=O) groups excluding carboxylic acids is 3. The molecule has 4 amide bonds. The predicted molar refractivity (Wildman–Crippen MR) is 132 cm³/mol. The summed E-state index contributed by atoms with van der Waals surface area (Å²) in [5.74, 6) is -1.69. The molecule has 1 fully saturated rings. The van der Waals surface area contributed by atoms with Crippen LogP contribution < -0.4 is 10.2 Å². The minimum Gasteiger partial charge on any atom is -0.343 e. The van der Waals surface area contributed by atoms with Gasteiger partial charge in [-0.2, -0.15) is 0 Å². The molecule has 1 N–H and O–H groups in total. The fourth-order valence-corrected chi connectivity index (χ4v) is 4.20. The molecule has 6 nitrogen and oxygen atoms in total. The standard InChI is InChI=1S/C28H22FN3O3/c1-17-6-8-23(12-18(17)2)32-27(34)24(26(33)30-28(32)35)15-19-7-9-25-21(13-19)10-11-31(25)16-20-4-3-5-22(29)14-20/h3-15H,16H2,1-2H3,(H,30,33,35)/b24-15-. The number of carbonyl (C=O) groups is 3. The number of nitrogens with one attached hydrogen (secondary N) is 1. The first kappa shape index (κ1) is 22.3. The quantitative estimate of drug-likeness (QED) is 0.335. The molecule has 5 rings (SSSR count). The van der Waals surface area contributed by atoms with Crippen molar-refractivity contribution in [1.29, 1.82) is 0 Å². The Hall–Kier alpha value is -4.52. The van der Waals surface area contributed by atoms with Crippen molar-refractivity contribution < 1.29 is 18.8 Å². The van der Waals surface area contributed by atoms with Crippen molar-refractivity contribution in [2.75, 3.05) is 4.90 Å². The summed E-state index contributed by atoms with van der Waals surface area (Å²) < 4.78 is 15.5. The van der Waals surface area contributed by atoms with Crippen LogP contribution in [0.25, 0.3) is 17.0 Å². The van der Waals surface area contributed by atoms with Crippen molar-refractivity contribution in [3.05, 3.63) is 107 Å². The summed E-state index contributed by atoms with van der Waals surface area (Å²) in [6.45, 7) is 4.34. The van der Waals surface area contributed by atoms with Gasteiger partial charge in [-0.3, -0.25) is 14.9 Å². The van der Waals surface area contributed by atoms with Crippen LogP contribution in [0.1, 0.15) is 22.3 Å². The molecule has 0 atom stereocenters. The van der Waals surface area contributed by atoms with E-state index in [1.165, 1.54) is 18.2 Å². The zero-order valence-electron chi connectivity index (χ0n) is 19.2. The van der Waals surface area contributed by atoms with E-state index in [4.69, 9.17) is 0 Å². The number of barbiturate groups is 1. The zero-order valence-corrected chi connectivity index (χ0v) is 19.2. The van der Waals surface area contributed by atoms with Crippen LogP contribution in [0.3, 0.4) is 0 Å². The number of hydrogen-bond donors (Lipinski definition) is 1. The molecule has 1 aromatic heterocycles. The van der Waals surface area contributed by atoms with Crippen LogP contribution in [-0.2, 0) is 16.1 Å². The van der Waals surface area contributed by atoms with Gasteiger partial charge in [0, 0.05) is 23.6 Å². The van der Waals surface area contributed by atoms with Crippen molar-refractivity contribution in [2.45, 2.75) is 20.4 Å². The monoisotopic (exact) mass is 467 g/mol. The van der Waals surface area contributed by atoms with Crippen LogP contribution in [0.5, 0.6) is 0 Å². The predicted octanol–water partition coefficient (Wildman–Crippen LogP) is 5.11. The Bertz CT molecular complexity index is 1550. The summed E-state index contributed by atoms with van der Waals surface area (Å²) in [6, 6.07) is 18.4. The van der Waals surface area contributed by atoms with E-state index in [2.05, 4.69) is 5.32 Å². The van der Waals surface area contributed by atoms with Gasteiger partial charge in [-0.05, 0) is 84.6 Å². The number of aryl methyl sites for hydroxylation is 2. The molecule has 0 radical (unpaired) electrons. The van der Waals surface area contributed by atoms with Crippen molar-refractivity contribution in [3.63, 3.8) is 0 Å². The SMILES string of the molecule is Cc1ccc(N2C(=O)NC(=O)/C(=C/c3ccc4c(ccn4Cc4cccc(F)c4)c3)C2=O)cc1C. The van der Waals surface area contributed by atoms with Crippen LogP contribution in [0.15, 0.2) is 78.5 Å². The smallest absolute Gasteiger partial charge is 0.335 e. The topological polar surface area (TPSA) is 71.4 Å². The minimum atomic E-state index is -0.773. The van der Waals surface area contributed by atoms with Crippen molar-refractivity contribution in [2.24, 2.45) is 0 Å². The number of halogens is 1. The van der Waals surface area contributed by atoms with E-state index < -0.39 is 17.8 Å². The third-order valence-electron chi connectivity index (χ3n) is 6.20. The maximum absolute atomic E-state index is 13.5. The number of anilines is 1. The average Bonchev–Trinajstić information content (AvgIpc) is 3.21. The molecule has 0 spiro atoms. The van der Waals surface area contributed by atoms with Crippen LogP contribution >= 0.6 is 0 Å². The number of nitrogens with zero attached hydrogens (tertiary/aromatic N) is 2. The van der Waals surface area contributed by atoms with Gasteiger partial charge in [0.25, 0.3) is 11.8 Å². The Balaban J connectivity index is 1.46. The van der Waals surface area contributed by atoms with E-state index in [1.54, 1.807) is 24.3 Å². The number of benzene rings is 3. The molecule has 7 heteroatoms. The van der Waals surface area contributed by atoms with Crippen molar-refractivity contribution >= 4 is 40.5 Å². The Morgan fingerprint density at radius 2 is 1.74 bits per heavy atom. The van der Waals surface area contributed by atoms with Crippen LogP contribution in [0.4, 0.5) is 14.9 Å². The molecular weight excluding hydrogens is 445 g/mol. The molecule has 35 heavy (non-hydrogen) atoms. The first-order valence-electron chi connectivity index (χ1n) is 11.1. The summed E-state index contributed by atoms with van der Waals surface area (Å²) >= 11 is 0. The van der Waals surface area contributed by atoms with E-state index >= 15 is 0 Å². The van der Waals surface area contributed by atoms with Gasteiger partial charge in [-0.25, -0.2) is 14.1 Å². The molecule has 0 saturated carbocycles. The molecule has 1 aliphatic rings. The van der Waals surface area contributed by atoms with Gasteiger partial charge >= 0.3 is 6.03 Å². The van der Waals surface area contributed by atoms with E-state index in [9.17, 15) is 18.8 Å². The highest BCUT2D eigenvalue weighted by atomic mass is 19.1. The Morgan fingerprint density at radius 3 is 2.51 bits per heavy atom. The number of aromatic nitrogens is 1. The molecule has 1 saturated heterocycles. The second-order valence-corrected chi connectivity index (χ2v) is 8.62. The highest BCUT2D eigenvalue weighted by Gasteiger charge is 2.36. The Kier molecular flexibility index (Phi) is 5.53. The van der Waals surface area contributed by atoms with E-state index in [1.807, 2.05) is 54.9 Å². The lowest BCUT2D eigenvalue weighted by molar-refractivity contribution is -0.122. The number of urea groups is 1. The summed E-state index contributed by atoms with van der Waals surface area (Å²) in [4.78, 5) is 39.2. The lowest BCUT2D eigenvalue weighted by atomic mass is 10.0. The maximum Gasteiger partial charge on any atom is 0.335 e. The lowest BCUT2D eigenvalue weighted by Gasteiger charge is -2.26. The number of imide groups is 2. The number of fused-ring (bicyclic) bond motifs is 1. The first-order valence-corrected chi connectivity index (χ1v) is 11.1. The van der Waals surface area contributed by atoms with Crippen LogP contribution in [-0.4, -0.2) is 22.4 Å². The fraction of sp³-hybridized carbons (Fsp3) is 0.107. The molecule has 174 valence electrons. The lowest BCUT2D eigenvalue weighted by Crippen LogP contribution is -2.54. The van der Waals surface area contributed by atoms with Gasteiger partial charge in [0.1, 0.15) is 11.4 Å². The van der Waals surface area contributed by atoms with E-state index in [-0.39, 0.29) is 11.4 Å². The summed E-state index contributed by atoms with van der Waals surface area (Å²) in [5, 5.41) is 3.16. The van der Waals surface area contributed by atoms with Gasteiger partial charge in [0.05, 0.1) is 5.69 Å². The molecule has 4 aromatic rings. The second kappa shape index (κ2) is 8.68. The summed E-state index contributed by atoms with van der Waals surface area (Å²) in [5.41, 5.74) is 4.66. The third kappa shape index (κ3) is 4.24. The molecule has 0 aliphatic carbocycles. The summed E-state index contributed by atoms with van der Waals surface area (Å²) in [7, 11) is 0. The van der Waals surface area contributed by atoms with Crippen molar-refractivity contribution in [1.82, 2.24) is 9.88 Å². The van der Waals surface area contributed by atoms with Gasteiger partial charge < -0.3 is 4.57 Å². The number of hydrogen-bond acceptors (Lipinski definition) is 3. The molecule has 0 bridgehead atoms. The largest absolute Gasteiger partial charge is 0.343 e. The van der Waals surface area contributed by atoms with Gasteiger partial charge in [-0.15, -0.1) is 0 Å². The van der Waals surface area contributed by atoms with E-state index in [0.717, 1.165) is 32.5 Å². The van der Waals surface area contributed by atoms with Crippen LogP contribution in [0.2, 0.25) is 0 Å². The molecule has 2 heterocycles. The molecule has 3 aromatic carbocycles. The Morgan fingerprint density at radius 1 is 0.914 bits per heavy atom. The number of amides is 4. The maximum atomic E-state index is 13.5. The average molecular weight is 468 g/mol. The normalized spacial score (nSPS) is 15.2.